The van der Waals surface area contributed by atoms with Gasteiger partial charge in [0.1, 0.15) is 18.7 Å². The van der Waals surface area contributed by atoms with E-state index in [0.29, 0.717) is 12.5 Å². The number of methoxy groups -OCH3 is 1. The lowest BCUT2D eigenvalue weighted by atomic mass is 10.2. The van der Waals surface area contributed by atoms with E-state index in [1.165, 1.54) is 6.33 Å². The van der Waals surface area contributed by atoms with E-state index in [2.05, 4.69) is 25.9 Å². The van der Waals surface area contributed by atoms with Crippen molar-refractivity contribution in [1.29, 1.82) is 0 Å². The van der Waals surface area contributed by atoms with Crippen LogP contribution < -0.4 is 9.47 Å². The zero-order valence-corrected chi connectivity index (χ0v) is 10.8. The Kier molecular flexibility index (Phi) is 3.93. The number of halogens is 1. The molecule has 4 nitrogen and oxygen atoms in total. The Hall–Kier alpha value is -1.62. The second-order valence-electron chi connectivity index (χ2n) is 3.32. The van der Waals surface area contributed by atoms with E-state index in [9.17, 15) is 0 Å². The summed E-state index contributed by atoms with van der Waals surface area (Å²) in [5.74, 6) is 1.34. The van der Waals surface area contributed by atoms with E-state index in [1.54, 1.807) is 13.3 Å². The van der Waals surface area contributed by atoms with Crippen molar-refractivity contribution in [3.8, 4) is 11.6 Å². The van der Waals surface area contributed by atoms with Gasteiger partial charge in [-0.25, -0.2) is 9.97 Å². The molecule has 1 aromatic carbocycles. The largest absolute Gasteiger partial charge is 0.497 e. The molecule has 0 N–H and O–H groups in total. The third-order valence-corrected chi connectivity index (χ3v) is 2.69. The zero-order valence-electron chi connectivity index (χ0n) is 9.26. The molecule has 0 atom stereocenters. The molecule has 0 aliphatic rings. The molecule has 0 bridgehead atoms. The van der Waals surface area contributed by atoms with Crippen LogP contribution >= 0.6 is 15.9 Å². The standard InChI is InChI=1S/C12H11BrN2O2/c1-16-10-4-2-3-9(5-10)7-17-12-11(13)6-14-8-15-12/h2-6,8H,7H2,1H3. The molecule has 17 heavy (non-hydrogen) atoms. The van der Waals surface area contributed by atoms with Crippen LogP contribution in [0.15, 0.2) is 41.3 Å². The van der Waals surface area contributed by atoms with Crippen molar-refractivity contribution >= 4 is 15.9 Å². The maximum absolute atomic E-state index is 5.57. The van der Waals surface area contributed by atoms with Crippen LogP contribution in [0.1, 0.15) is 5.56 Å². The highest BCUT2D eigenvalue weighted by atomic mass is 79.9. The molecule has 0 fully saturated rings. The van der Waals surface area contributed by atoms with E-state index in [0.717, 1.165) is 15.8 Å². The van der Waals surface area contributed by atoms with Crippen molar-refractivity contribution in [3.63, 3.8) is 0 Å². The minimum atomic E-state index is 0.437. The maximum atomic E-state index is 5.57. The molecule has 0 saturated heterocycles. The summed E-state index contributed by atoms with van der Waals surface area (Å²) in [7, 11) is 1.64. The van der Waals surface area contributed by atoms with Crippen molar-refractivity contribution < 1.29 is 9.47 Å². The quantitative estimate of drug-likeness (QED) is 0.870. The van der Waals surface area contributed by atoms with Crippen molar-refractivity contribution in [1.82, 2.24) is 9.97 Å². The molecule has 0 spiro atoms. The highest BCUT2D eigenvalue weighted by Crippen LogP contribution is 2.21. The van der Waals surface area contributed by atoms with E-state index in [-0.39, 0.29) is 0 Å². The molecule has 0 saturated carbocycles. The minimum absolute atomic E-state index is 0.437. The van der Waals surface area contributed by atoms with Gasteiger partial charge in [0.15, 0.2) is 0 Å². The fourth-order valence-corrected chi connectivity index (χ4v) is 1.66. The molecule has 2 aromatic rings. The first-order chi connectivity index (χ1) is 8.29. The van der Waals surface area contributed by atoms with Gasteiger partial charge in [0.25, 0.3) is 0 Å². The summed E-state index contributed by atoms with van der Waals surface area (Å²) >= 11 is 3.32. The van der Waals surface area contributed by atoms with Gasteiger partial charge in [0, 0.05) is 6.20 Å². The zero-order chi connectivity index (χ0) is 12.1. The summed E-state index contributed by atoms with van der Waals surface area (Å²) in [6.07, 6.45) is 3.10. The molecule has 0 unspecified atom stereocenters. The van der Waals surface area contributed by atoms with Crippen LogP contribution in [0.2, 0.25) is 0 Å². The molecule has 0 aliphatic heterocycles. The van der Waals surface area contributed by atoms with Gasteiger partial charge in [0.2, 0.25) is 5.88 Å². The van der Waals surface area contributed by atoms with Gasteiger partial charge >= 0.3 is 0 Å². The maximum Gasteiger partial charge on any atom is 0.231 e. The Balaban J connectivity index is 2.05. The molecule has 1 aromatic heterocycles. The molecule has 2 rings (SSSR count). The fraction of sp³-hybridized carbons (Fsp3) is 0.167. The lowest BCUT2D eigenvalue weighted by Gasteiger charge is -2.07. The van der Waals surface area contributed by atoms with Crippen LogP contribution in [0.5, 0.6) is 11.6 Å². The summed E-state index contributed by atoms with van der Waals surface area (Å²) in [6.45, 7) is 0.437. The van der Waals surface area contributed by atoms with Crippen LogP contribution in [-0.2, 0) is 6.61 Å². The number of rotatable bonds is 4. The first-order valence-corrected chi connectivity index (χ1v) is 5.80. The number of hydrogen-bond donors (Lipinski definition) is 0. The van der Waals surface area contributed by atoms with Crippen LogP contribution in [0.25, 0.3) is 0 Å². The molecule has 0 amide bonds. The first kappa shape index (κ1) is 11.9. The minimum Gasteiger partial charge on any atom is -0.497 e. The third kappa shape index (κ3) is 3.17. The number of hydrogen-bond acceptors (Lipinski definition) is 4. The predicted molar refractivity (Wildman–Crippen MR) is 67.1 cm³/mol. The van der Waals surface area contributed by atoms with Crippen LogP contribution in [0.3, 0.4) is 0 Å². The van der Waals surface area contributed by atoms with E-state index in [4.69, 9.17) is 9.47 Å². The van der Waals surface area contributed by atoms with Crippen molar-refractivity contribution in [2.75, 3.05) is 7.11 Å². The van der Waals surface area contributed by atoms with Crippen molar-refractivity contribution in [2.45, 2.75) is 6.61 Å². The summed E-state index contributed by atoms with van der Waals surface area (Å²) < 4.78 is 11.4. The highest BCUT2D eigenvalue weighted by Gasteiger charge is 2.03. The second-order valence-corrected chi connectivity index (χ2v) is 4.17. The Labute approximate surface area is 108 Å². The van der Waals surface area contributed by atoms with Gasteiger partial charge in [-0.2, -0.15) is 0 Å². The van der Waals surface area contributed by atoms with Gasteiger partial charge in [-0.05, 0) is 33.6 Å². The second kappa shape index (κ2) is 5.63. The topological polar surface area (TPSA) is 44.2 Å². The lowest BCUT2D eigenvalue weighted by Crippen LogP contribution is -1.98. The Morgan fingerprint density at radius 3 is 3.00 bits per heavy atom. The first-order valence-electron chi connectivity index (χ1n) is 5.01. The van der Waals surface area contributed by atoms with Crippen molar-refractivity contribution in [2.24, 2.45) is 0 Å². The Morgan fingerprint density at radius 1 is 1.35 bits per heavy atom. The summed E-state index contributed by atoms with van der Waals surface area (Å²) in [6, 6.07) is 7.71. The number of aromatic nitrogens is 2. The van der Waals surface area contributed by atoms with E-state index < -0.39 is 0 Å². The normalized spacial score (nSPS) is 10.0. The molecule has 1 heterocycles. The lowest BCUT2D eigenvalue weighted by molar-refractivity contribution is 0.290. The number of benzene rings is 1. The highest BCUT2D eigenvalue weighted by molar-refractivity contribution is 9.10. The number of nitrogens with zero attached hydrogens (tertiary/aromatic N) is 2. The van der Waals surface area contributed by atoms with E-state index in [1.807, 2.05) is 24.3 Å². The van der Waals surface area contributed by atoms with Crippen LogP contribution in [0, 0.1) is 0 Å². The fourth-order valence-electron chi connectivity index (χ4n) is 1.32. The average Bonchev–Trinajstić information content (AvgIpc) is 2.38. The van der Waals surface area contributed by atoms with Gasteiger partial charge in [-0.3, -0.25) is 0 Å². The summed E-state index contributed by atoms with van der Waals surface area (Å²) in [5.41, 5.74) is 1.02. The Bertz CT molecular complexity index is 505. The predicted octanol–water partition coefficient (Wildman–Crippen LogP) is 2.83. The number of ether oxygens (including phenoxy) is 2. The summed E-state index contributed by atoms with van der Waals surface area (Å²) in [4.78, 5) is 7.89. The molecular formula is C12H11BrN2O2. The molecular weight excluding hydrogens is 284 g/mol. The van der Waals surface area contributed by atoms with Crippen LogP contribution in [0.4, 0.5) is 0 Å². The molecule has 0 aliphatic carbocycles. The summed E-state index contributed by atoms with van der Waals surface area (Å²) in [5, 5.41) is 0. The molecule has 88 valence electrons. The van der Waals surface area contributed by atoms with Gasteiger partial charge in [0.05, 0.1) is 11.6 Å². The third-order valence-electron chi connectivity index (χ3n) is 2.14. The van der Waals surface area contributed by atoms with E-state index >= 15 is 0 Å². The van der Waals surface area contributed by atoms with Crippen LogP contribution in [-0.4, -0.2) is 17.1 Å². The smallest absolute Gasteiger partial charge is 0.231 e. The monoisotopic (exact) mass is 294 g/mol. The van der Waals surface area contributed by atoms with Gasteiger partial charge < -0.3 is 9.47 Å². The van der Waals surface area contributed by atoms with Gasteiger partial charge in [-0.1, -0.05) is 12.1 Å². The Morgan fingerprint density at radius 2 is 2.24 bits per heavy atom. The van der Waals surface area contributed by atoms with Crippen molar-refractivity contribution in [3.05, 3.63) is 46.8 Å². The van der Waals surface area contributed by atoms with Gasteiger partial charge in [-0.15, -0.1) is 0 Å². The average molecular weight is 295 g/mol. The molecule has 5 heteroatoms. The SMILES string of the molecule is COc1cccc(COc2ncncc2Br)c1. The molecule has 0 radical (unpaired) electrons.